The summed E-state index contributed by atoms with van der Waals surface area (Å²) in [5, 5.41) is 15.7. The maximum Gasteiger partial charge on any atom is 0.326 e. The first kappa shape index (κ1) is 19.4. The molecule has 2 N–H and O–H groups in total. The molecular weight excluding hydrogens is 380 g/mol. The number of rotatable bonds is 7. The maximum absolute atomic E-state index is 11.7. The second-order valence-electron chi connectivity index (χ2n) is 6.68. The molecule has 0 unspecified atom stereocenters. The largest absolute Gasteiger partial charge is 0.480 e. The standard InChI is InChI=1S/C21H21ClN2O2S/c1-13(2)15-6-8-16(9-7-15)19-12-27-21(24-19)23-18(20(25)26)11-14-4-3-5-17(22)10-14/h3-10,12-13,18H,11H2,1-2H3,(H,23,24)(H,25,26)/t18-/m0/s1. The first-order valence-electron chi connectivity index (χ1n) is 8.72. The van der Waals surface area contributed by atoms with Gasteiger partial charge in [-0.2, -0.15) is 0 Å². The molecule has 140 valence electrons. The van der Waals surface area contributed by atoms with Crippen LogP contribution in [0.25, 0.3) is 11.3 Å². The van der Waals surface area contributed by atoms with E-state index in [4.69, 9.17) is 11.6 Å². The number of carboxylic acid groups (broad SMARTS) is 1. The summed E-state index contributed by atoms with van der Waals surface area (Å²) in [5.74, 6) is -0.442. The molecule has 0 saturated heterocycles. The molecule has 1 heterocycles. The molecule has 0 aliphatic carbocycles. The SMILES string of the molecule is CC(C)c1ccc(-c2csc(N[C@@H](Cc3cccc(Cl)c3)C(=O)O)n2)cc1. The van der Waals surface area contributed by atoms with Crippen LogP contribution in [-0.4, -0.2) is 22.1 Å². The molecule has 0 aliphatic rings. The Hall–Kier alpha value is -2.37. The Kier molecular flexibility index (Phi) is 6.14. The number of hydrogen-bond donors (Lipinski definition) is 2. The summed E-state index contributed by atoms with van der Waals surface area (Å²) < 4.78 is 0. The average molecular weight is 401 g/mol. The van der Waals surface area contributed by atoms with Crippen molar-refractivity contribution in [2.75, 3.05) is 5.32 Å². The molecule has 0 aliphatic heterocycles. The van der Waals surface area contributed by atoms with Crippen LogP contribution in [0.5, 0.6) is 0 Å². The van der Waals surface area contributed by atoms with Gasteiger partial charge in [0.2, 0.25) is 0 Å². The topological polar surface area (TPSA) is 62.2 Å². The molecule has 1 aromatic heterocycles. The van der Waals surface area contributed by atoms with E-state index < -0.39 is 12.0 Å². The first-order valence-corrected chi connectivity index (χ1v) is 9.98. The number of aromatic nitrogens is 1. The van der Waals surface area contributed by atoms with E-state index in [2.05, 4.69) is 48.4 Å². The Morgan fingerprint density at radius 3 is 2.59 bits per heavy atom. The van der Waals surface area contributed by atoms with Gasteiger partial charge in [0.05, 0.1) is 5.69 Å². The minimum absolute atomic E-state index is 0.327. The summed E-state index contributed by atoms with van der Waals surface area (Å²) in [7, 11) is 0. The van der Waals surface area contributed by atoms with Crippen molar-refractivity contribution >= 4 is 34.0 Å². The van der Waals surface area contributed by atoms with Gasteiger partial charge >= 0.3 is 5.97 Å². The number of aliphatic carboxylic acids is 1. The zero-order valence-corrected chi connectivity index (χ0v) is 16.7. The first-order chi connectivity index (χ1) is 12.9. The second-order valence-corrected chi connectivity index (χ2v) is 7.98. The Bertz CT molecular complexity index is 922. The third-order valence-electron chi connectivity index (χ3n) is 4.30. The number of carboxylic acids is 1. The highest BCUT2D eigenvalue weighted by molar-refractivity contribution is 7.14. The fourth-order valence-corrected chi connectivity index (χ4v) is 3.75. The molecule has 2 aromatic carbocycles. The minimum atomic E-state index is -0.923. The van der Waals surface area contributed by atoms with Crippen LogP contribution in [0.2, 0.25) is 5.02 Å². The zero-order chi connectivity index (χ0) is 19.4. The van der Waals surface area contributed by atoms with Crippen molar-refractivity contribution in [1.29, 1.82) is 0 Å². The minimum Gasteiger partial charge on any atom is -0.480 e. The van der Waals surface area contributed by atoms with E-state index in [0.29, 0.717) is 22.5 Å². The van der Waals surface area contributed by atoms with Crippen molar-refractivity contribution in [1.82, 2.24) is 4.98 Å². The number of nitrogens with zero attached hydrogens (tertiary/aromatic N) is 1. The third kappa shape index (κ3) is 5.08. The van der Waals surface area contributed by atoms with Crippen LogP contribution < -0.4 is 5.32 Å². The number of thiazole rings is 1. The molecule has 0 saturated carbocycles. The molecule has 1 atom stereocenters. The number of carbonyl (C=O) groups is 1. The Labute approximate surface area is 167 Å². The Morgan fingerprint density at radius 1 is 1.22 bits per heavy atom. The number of halogens is 1. The Morgan fingerprint density at radius 2 is 1.96 bits per heavy atom. The van der Waals surface area contributed by atoms with Crippen molar-refractivity contribution in [3.63, 3.8) is 0 Å². The summed E-state index contributed by atoms with van der Waals surface area (Å²) in [6.45, 7) is 4.32. The number of benzene rings is 2. The summed E-state index contributed by atoms with van der Waals surface area (Å²) in [5.41, 5.74) is 4.00. The van der Waals surface area contributed by atoms with E-state index >= 15 is 0 Å². The second kappa shape index (κ2) is 8.55. The van der Waals surface area contributed by atoms with Crippen molar-refractivity contribution in [2.24, 2.45) is 0 Å². The van der Waals surface area contributed by atoms with Gasteiger partial charge in [-0.05, 0) is 29.2 Å². The van der Waals surface area contributed by atoms with Crippen molar-refractivity contribution in [3.05, 3.63) is 70.1 Å². The van der Waals surface area contributed by atoms with Gasteiger partial charge in [0.15, 0.2) is 5.13 Å². The average Bonchev–Trinajstić information content (AvgIpc) is 3.10. The number of hydrogen-bond acceptors (Lipinski definition) is 4. The summed E-state index contributed by atoms with van der Waals surface area (Å²) >= 11 is 7.39. The quantitative estimate of drug-likeness (QED) is 0.534. The van der Waals surface area contributed by atoms with Crippen LogP contribution in [0.3, 0.4) is 0 Å². The van der Waals surface area contributed by atoms with Crippen LogP contribution in [0.15, 0.2) is 53.9 Å². The van der Waals surface area contributed by atoms with Crippen LogP contribution in [0, 0.1) is 0 Å². The Balaban J connectivity index is 1.73. The van der Waals surface area contributed by atoms with Gasteiger partial charge in [-0.15, -0.1) is 11.3 Å². The molecule has 0 bridgehead atoms. The van der Waals surface area contributed by atoms with E-state index in [9.17, 15) is 9.90 Å². The molecule has 0 spiro atoms. The number of nitrogens with one attached hydrogen (secondary N) is 1. The lowest BCUT2D eigenvalue weighted by Crippen LogP contribution is -2.31. The van der Waals surface area contributed by atoms with Gasteiger partial charge in [0.1, 0.15) is 6.04 Å². The fourth-order valence-electron chi connectivity index (χ4n) is 2.76. The van der Waals surface area contributed by atoms with Crippen LogP contribution in [0.4, 0.5) is 5.13 Å². The van der Waals surface area contributed by atoms with Gasteiger partial charge in [-0.1, -0.05) is 61.8 Å². The molecule has 0 radical (unpaired) electrons. The van der Waals surface area contributed by atoms with Crippen molar-refractivity contribution < 1.29 is 9.90 Å². The van der Waals surface area contributed by atoms with Gasteiger partial charge in [-0.25, -0.2) is 9.78 Å². The zero-order valence-electron chi connectivity index (χ0n) is 15.1. The monoisotopic (exact) mass is 400 g/mol. The summed E-state index contributed by atoms with van der Waals surface area (Å²) in [6.07, 6.45) is 0.327. The van der Waals surface area contributed by atoms with E-state index in [0.717, 1.165) is 16.8 Å². The molecule has 0 amide bonds. The highest BCUT2D eigenvalue weighted by atomic mass is 35.5. The van der Waals surface area contributed by atoms with Crippen LogP contribution in [-0.2, 0) is 11.2 Å². The lowest BCUT2D eigenvalue weighted by molar-refractivity contribution is -0.137. The molecule has 3 aromatic rings. The molecule has 0 fully saturated rings. The molecule has 3 rings (SSSR count). The molecule has 27 heavy (non-hydrogen) atoms. The predicted molar refractivity (Wildman–Crippen MR) is 112 cm³/mol. The van der Waals surface area contributed by atoms with Gasteiger partial charge < -0.3 is 10.4 Å². The van der Waals surface area contributed by atoms with E-state index in [1.165, 1.54) is 16.9 Å². The molecule has 4 nitrogen and oxygen atoms in total. The van der Waals surface area contributed by atoms with Crippen molar-refractivity contribution in [2.45, 2.75) is 32.2 Å². The van der Waals surface area contributed by atoms with Crippen molar-refractivity contribution in [3.8, 4) is 11.3 Å². The van der Waals surface area contributed by atoms with E-state index in [1.54, 1.807) is 12.1 Å². The van der Waals surface area contributed by atoms with Crippen LogP contribution in [0.1, 0.15) is 30.9 Å². The van der Waals surface area contributed by atoms with E-state index in [-0.39, 0.29) is 0 Å². The lowest BCUT2D eigenvalue weighted by atomic mass is 10.0. The fraction of sp³-hybridized carbons (Fsp3) is 0.238. The van der Waals surface area contributed by atoms with E-state index in [1.807, 2.05) is 17.5 Å². The predicted octanol–water partition coefficient (Wildman–Crippen LogP) is 5.69. The highest BCUT2D eigenvalue weighted by Crippen LogP contribution is 2.27. The summed E-state index contributed by atoms with van der Waals surface area (Å²) in [4.78, 5) is 16.2. The normalized spacial score (nSPS) is 12.1. The summed E-state index contributed by atoms with van der Waals surface area (Å²) in [6, 6.07) is 14.8. The lowest BCUT2D eigenvalue weighted by Gasteiger charge is -2.13. The molecular formula is C21H21ClN2O2S. The van der Waals surface area contributed by atoms with Gasteiger partial charge in [0.25, 0.3) is 0 Å². The van der Waals surface area contributed by atoms with Gasteiger partial charge in [-0.3, -0.25) is 0 Å². The number of anilines is 1. The third-order valence-corrected chi connectivity index (χ3v) is 5.31. The van der Waals surface area contributed by atoms with Crippen LogP contribution >= 0.6 is 22.9 Å². The highest BCUT2D eigenvalue weighted by Gasteiger charge is 2.19. The molecule has 6 heteroatoms. The maximum atomic E-state index is 11.7. The van der Waals surface area contributed by atoms with Gasteiger partial charge in [0, 0.05) is 22.4 Å². The smallest absolute Gasteiger partial charge is 0.326 e.